The molecule has 0 N–H and O–H groups in total. The molecule has 0 aliphatic rings. The Morgan fingerprint density at radius 2 is 0.889 bits per heavy atom. The number of hydrogen-bond donors (Lipinski definition) is 0. The fourth-order valence-electron chi connectivity index (χ4n) is 5.83. The lowest BCUT2D eigenvalue weighted by Crippen LogP contribution is -2.26. The van der Waals surface area contributed by atoms with Crippen molar-refractivity contribution in [3.63, 3.8) is 0 Å². The first kappa shape index (κ1) is 34.3. The first-order valence-electron chi connectivity index (χ1n) is 15.9. The highest BCUT2D eigenvalue weighted by Crippen LogP contribution is 2.83. The maximum absolute atomic E-state index is 7.05. The second-order valence-corrected chi connectivity index (χ2v) is 17.9. The number of benzene rings is 1. The van der Waals surface area contributed by atoms with Crippen LogP contribution in [0.1, 0.15) is 168 Å². The van der Waals surface area contributed by atoms with Gasteiger partial charge in [0.25, 0.3) is 0 Å². The van der Waals surface area contributed by atoms with Crippen LogP contribution in [-0.4, -0.2) is 6.16 Å². The Bertz CT molecular complexity index is 603. The third-order valence-corrected chi connectivity index (χ3v) is 14.6. The Hall–Kier alpha value is 0.230. The van der Waals surface area contributed by atoms with Crippen LogP contribution in [-0.2, 0) is 5.16 Å². The zero-order valence-corrected chi connectivity index (χ0v) is 26.8. The summed E-state index contributed by atoms with van der Waals surface area (Å²) >= 11 is 14.1. The zero-order valence-electron chi connectivity index (χ0n) is 24.4. The summed E-state index contributed by atoms with van der Waals surface area (Å²) in [6, 6.07) is 10.9. The van der Waals surface area contributed by atoms with Crippen molar-refractivity contribution in [2.24, 2.45) is 0 Å². The van der Waals surface area contributed by atoms with Gasteiger partial charge in [-0.25, -0.2) is 0 Å². The summed E-state index contributed by atoms with van der Waals surface area (Å²) in [6.45, 7) is 6.74. The molecule has 0 bridgehead atoms. The monoisotopic (exact) mass is 557 g/mol. The van der Waals surface area contributed by atoms with Gasteiger partial charge in [0.1, 0.15) is 27.6 Å². The SMILES string of the molecule is CCCCCCCCCCCCCCCCCCCCCCC(CC)(c1ccccc1)[P+](Cl)(Cl)CC. The van der Waals surface area contributed by atoms with E-state index in [1.54, 1.807) is 0 Å². The summed E-state index contributed by atoms with van der Waals surface area (Å²) in [7, 11) is 0. The Morgan fingerprint density at radius 1 is 0.528 bits per heavy atom. The van der Waals surface area contributed by atoms with E-state index >= 15 is 0 Å². The van der Waals surface area contributed by atoms with Gasteiger partial charge in [-0.1, -0.05) is 166 Å². The number of hydrogen-bond acceptors (Lipinski definition) is 0. The summed E-state index contributed by atoms with van der Waals surface area (Å²) < 4.78 is 0. The Balaban J connectivity index is 2.02. The minimum absolute atomic E-state index is 0.0413. The van der Waals surface area contributed by atoms with Gasteiger partial charge in [0.2, 0.25) is 5.97 Å². The molecule has 1 aromatic carbocycles. The molecule has 3 heteroatoms. The van der Waals surface area contributed by atoms with Gasteiger partial charge in [-0.3, -0.25) is 0 Å². The molecule has 0 aromatic heterocycles. The molecule has 1 atom stereocenters. The summed E-state index contributed by atoms with van der Waals surface area (Å²) in [6.07, 6.45) is 31.5. The van der Waals surface area contributed by atoms with E-state index in [0.29, 0.717) is 0 Å². The molecule has 0 aliphatic carbocycles. The maximum Gasteiger partial charge on any atom is 0.221 e. The minimum atomic E-state index is -2.04. The van der Waals surface area contributed by atoms with Gasteiger partial charge < -0.3 is 0 Å². The van der Waals surface area contributed by atoms with Crippen molar-refractivity contribution < 1.29 is 0 Å². The Labute approximate surface area is 237 Å². The molecule has 0 aliphatic heterocycles. The van der Waals surface area contributed by atoms with E-state index in [0.717, 1.165) is 19.0 Å². The molecule has 0 heterocycles. The molecule has 210 valence electrons. The molecule has 0 radical (unpaired) electrons. The van der Waals surface area contributed by atoms with Crippen LogP contribution in [0.15, 0.2) is 30.3 Å². The topological polar surface area (TPSA) is 0 Å². The number of unbranched alkanes of at least 4 members (excludes halogenated alkanes) is 19. The van der Waals surface area contributed by atoms with E-state index in [9.17, 15) is 0 Å². The number of halogens is 2. The van der Waals surface area contributed by atoms with Crippen molar-refractivity contribution >= 4 is 28.4 Å². The van der Waals surface area contributed by atoms with Gasteiger partial charge in [-0.15, -0.1) is 0 Å². The van der Waals surface area contributed by atoms with E-state index in [4.69, 9.17) is 22.5 Å². The molecule has 1 rings (SSSR count). The molecule has 0 fully saturated rings. The van der Waals surface area contributed by atoms with Crippen molar-refractivity contribution in [1.29, 1.82) is 0 Å². The smallest absolute Gasteiger partial charge is 0.0654 e. The molecule has 36 heavy (non-hydrogen) atoms. The normalized spacial score (nSPS) is 13.7. The van der Waals surface area contributed by atoms with Crippen molar-refractivity contribution in [1.82, 2.24) is 0 Å². The maximum atomic E-state index is 7.05. The highest BCUT2D eigenvalue weighted by molar-refractivity contribution is 8.17. The highest BCUT2D eigenvalue weighted by atomic mass is 35.9. The van der Waals surface area contributed by atoms with Gasteiger partial charge in [-0.05, 0) is 31.7 Å². The predicted molar refractivity (Wildman–Crippen MR) is 170 cm³/mol. The first-order chi connectivity index (χ1) is 17.5. The largest absolute Gasteiger partial charge is 0.221 e. The number of rotatable bonds is 25. The summed E-state index contributed by atoms with van der Waals surface area (Å²) in [4.78, 5) is 0. The van der Waals surface area contributed by atoms with Crippen LogP contribution in [0.5, 0.6) is 0 Å². The van der Waals surface area contributed by atoms with Crippen LogP contribution >= 0.6 is 28.4 Å². The quantitative estimate of drug-likeness (QED) is 0.0827. The fourth-order valence-corrected chi connectivity index (χ4v) is 9.72. The average molecular weight is 559 g/mol. The lowest BCUT2D eigenvalue weighted by Gasteiger charge is -2.35. The van der Waals surface area contributed by atoms with Crippen LogP contribution in [0.2, 0.25) is 0 Å². The standard InChI is InChI=1S/C33H60Cl2P/c1-4-7-8-9-10-11-12-13-14-15-16-17-18-19-20-21-22-23-24-28-31-33(5-2,36(34,35)6-3)32-29-26-25-27-30-32/h25-27,29-30H,4-24,28,31H2,1-3H3/q+1. The van der Waals surface area contributed by atoms with Crippen molar-refractivity contribution in [3.8, 4) is 0 Å². The molecular formula is C33H60Cl2P+. The van der Waals surface area contributed by atoms with Crippen molar-refractivity contribution in [2.45, 2.75) is 167 Å². The minimum Gasteiger partial charge on any atom is -0.0654 e. The molecule has 1 aromatic rings. The predicted octanol–water partition coefficient (Wildman–Crippen LogP) is 13.8. The molecule has 0 spiro atoms. The van der Waals surface area contributed by atoms with Gasteiger partial charge in [0.15, 0.2) is 0 Å². The fraction of sp³-hybridized carbons (Fsp3) is 0.818. The highest BCUT2D eigenvalue weighted by Gasteiger charge is 2.56. The van der Waals surface area contributed by atoms with E-state index in [-0.39, 0.29) is 5.16 Å². The second-order valence-electron chi connectivity index (χ2n) is 11.2. The summed E-state index contributed by atoms with van der Waals surface area (Å²) in [5.41, 5.74) is 1.35. The van der Waals surface area contributed by atoms with E-state index < -0.39 is 5.97 Å². The lowest BCUT2D eigenvalue weighted by atomic mass is 9.89. The van der Waals surface area contributed by atoms with Gasteiger partial charge >= 0.3 is 0 Å². The summed E-state index contributed by atoms with van der Waals surface area (Å²) in [5, 5.41) is -0.0413. The zero-order chi connectivity index (χ0) is 26.4. The van der Waals surface area contributed by atoms with Crippen molar-refractivity contribution in [2.75, 3.05) is 6.16 Å². The molecule has 0 nitrogen and oxygen atoms in total. The van der Waals surface area contributed by atoms with Crippen molar-refractivity contribution in [3.05, 3.63) is 35.9 Å². The summed E-state index contributed by atoms with van der Waals surface area (Å²) in [5.74, 6) is -2.04. The van der Waals surface area contributed by atoms with Crippen LogP contribution in [0.3, 0.4) is 0 Å². The Kier molecular flexibility index (Phi) is 21.0. The third-order valence-electron chi connectivity index (χ3n) is 8.36. The van der Waals surface area contributed by atoms with Crippen LogP contribution in [0, 0.1) is 0 Å². The lowest BCUT2D eigenvalue weighted by molar-refractivity contribution is 0.482. The van der Waals surface area contributed by atoms with Crippen LogP contribution in [0.25, 0.3) is 0 Å². The third kappa shape index (κ3) is 13.9. The van der Waals surface area contributed by atoms with Gasteiger partial charge in [-0.2, -0.15) is 0 Å². The van der Waals surface area contributed by atoms with E-state index in [2.05, 4.69) is 51.1 Å². The molecule has 0 saturated heterocycles. The molecule has 0 amide bonds. The first-order valence-corrected chi connectivity index (χ1v) is 19.7. The van der Waals surface area contributed by atoms with E-state index in [1.807, 2.05) is 0 Å². The molecule has 0 saturated carbocycles. The average Bonchev–Trinajstić information content (AvgIpc) is 2.90. The molecular weight excluding hydrogens is 498 g/mol. The van der Waals surface area contributed by atoms with Gasteiger partial charge in [0, 0.05) is 0 Å². The van der Waals surface area contributed by atoms with Crippen LogP contribution < -0.4 is 0 Å². The molecule has 1 unspecified atom stereocenters. The van der Waals surface area contributed by atoms with E-state index in [1.165, 1.54) is 134 Å². The van der Waals surface area contributed by atoms with Crippen LogP contribution in [0.4, 0.5) is 0 Å². The Morgan fingerprint density at radius 3 is 1.22 bits per heavy atom. The second kappa shape index (κ2) is 22.1. The van der Waals surface area contributed by atoms with Gasteiger partial charge in [0.05, 0.1) is 6.16 Å².